The monoisotopic (exact) mass is 354 g/mol. The highest BCUT2D eigenvalue weighted by Gasteiger charge is 2.29. The zero-order chi connectivity index (χ0) is 17.5. The van der Waals surface area contributed by atoms with Crippen LogP contribution in [0.5, 0.6) is 5.75 Å². The SMILES string of the molecule is COc1cccc(C2c3ccccc3Sc3ccc4ccccc4c32)c1. The number of hydrogen-bond acceptors (Lipinski definition) is 2. The van der Waals surface area contributed by atoms with Gasteiger partial charge in [0.2, 0.25) is 0 Å². The number of hydrogen-bond donors (Lipinski definition) is 0. The van der Waals surface area contributed by atoms with Crippen molar-refractivity contribution in [3.05, 3.63) is 102 Å². The molecule has 2 heteroatoms. The Morgan fingerprint density at radius 1 is 0.769 bits per heavy atom. The van der Waals surface area contributed by atoms with Gasteiger partial charge in [-0.25, -0.2) is 0 Å². The molecule has 0 fully saturated rings. The van der Waals surface area contributed by atoms with Gasteiger partial charge in [0.05, 0.1) is 7.11 Å². The molecule has 0 radical (unpaired) electrons. The fourth-order valence-corrected chi connectivity index (χ4v) is 5.08. The second-order valence-corrected chi connectivity index (χ2v) is 7.63. The van der Waals surface area contributed by atoms with Crippen LogP contribution in [-0.2, 0) is 0 Å². The number of fused-ring (bicyclic) bond motifs is 4. The summed E-state index contributed by atoms with van der Waals surface area (Å²) < 4.78 is 5.50. The number of rotatable bonds is 2. The zero-order valence-corrected chi connectivity index (χ0v) is 15.3. The van der Waals surface area contributed by atoms with E-state index in [0.717, 1.165) is 5.75 Å². The fraction of sp³-hybridized carbons (Fsp3) is 0.0833. The van der Waals surface area contributed by atoms with Gasteiger partial charge in [0.15, 0.2) is 0 Å². The van der Waals surface area contributed by atoms with Crippen LogP contribution >= 0.6 is 11.8 Å². The summed E-state index contributed by atoms with van der Waals surface area (Å²) in [6.45, 7) is 0. The lowest BCUT2D eigenvalue weighted by molar-refractivity contribution is 0.414. The maximum atomic E-state index is 5.50. The van der Waals surface area contributed by atoms with Crippen molar-refractivity contribution in [3.8, 4) is 5.75 Å². The quantitative estimate of drug-likeness (QED) is 0.358. The molecular weight excluding hydrogens is 336 g/mol. The molecule has 1 atom stereocenters. The van der Waals surface area contributed by atoms with Crippen LogP contribution in [0.3, 0.4) is 0 Å². The average Bonchev–Trinajstić information content (AvgIpc) is 2.72. The molecule has 0 bridgehead atoms. The average molecular weight is 354 g/mol. The molecule has 1 aliphatic rings. The molecule has 1 nitrogen and oxygen atoms in total. The second-order valence-electron chi connectivity index (χ2n) is 6.55. The lowest BCUT2D eigenvalue weighted by Gasteiger charge is -2.30. The zero-order valence-electron chi connectivity index (χ0n) is 14.5. The third-order valence-electron chi connectivity index (χ3n) is 5.10. The van der Waals surface area contributed by atoms with E-state index < -0.39 is 0 Å². The van der Waals surface area contributed by atoms with Gasteiger partial charge in [-0.05, 0) is 51.7 Å². The summed E-state index contributed by atoms with van der Waals surface area (Å²) in [4.78, 5) is 2.68. The van der Waals surface area contributed by atoms with Crippen molar-refractivity contribution >= 4 is 22.5 Å². The first-order chi connectivity index (χ1) is 12.8. The highest BCUT2D eigenvalue weighted by molar-refractivity contribution is 7.99. The maximum absolute atomic E-state index is 5.50. The predicted octanol–water partition coefficient (Wildman–Crippen LogP) is 6.49. The largest absolute Gasteiger partial charge is 0.497 e. The molecule has 0 saturated carbocycles. The third kappa shape index (κ3) is 2.41. The van der Waals surface area contributed by atoms with E-state index in [4.69, 9.17) is 4.74 Å². The number of methoxy groups -OCH3 is 1. The predicted molar refractivity (Wildman–Crippen MR) is 108 cm³/mol. The van der Waals surface area contributed by atoms with Gasteiger partial charge in [-0.3, -0.25) is 0 Å². The van der Waals surface area contributed by atoms with Crippen LogP contribution < -0.4 is 4.74 Å². The molecule has 4 aromatic rings. The Hall–Kier alpha value is -2.71. The van der Waals surface area contributed by atoms with Gasteiger partial charge in [0.25, 0.3) is 0 Å². The third-order valence-corrected chi connectivity index (χ3v) is 6.26. The second kappa shape index (κ2) is 6.22. The maximum Gasteiger partial charge on any atom is 0.119 e. The first kappa shape index (κ1) is 15.5. The van der Waals surface area contributed by atoms with Crippen molar-refractivity contribution < 1.29 is 4.74 Å². The Balaban J connectivity index is 1.84. The van der Waals surface area contributed by atoms with Crippen LogP contribution in [0.2, 0.25) is 0 Å². The summed E-state index contributed by atoms with van der Waals surface area (Å²) in [6, 6.07) is 30.4. The van der Waals surface area contributed by atoms with Crippen molar-refractivity contribution in [1.29, 1.82) is 0 Å². The van der Waals surface area contributed by atoms with Crippen LogP contribution in [0, 0.1) is 0 Å². The van der Waals surface area contributed by atoms with Crippen molar-refractivity contribution in [2.45, 2.75) is 15.7 Å². The Morgan fingerprint density at radius 2 is 1.62 bits per heavy atom. The van der Waals surface area contributed by atoms with E-state index in [1.165, 1.54) is 37.3 Å². The molecule has 0 spiro atoms. The van der Waals surface area contributed by atoms with E-state index in [-0.39, 0.29) is 5.92 Å². The molecule has 0 amide bonds. The molecular formula is C24H18OS. The molecule has 5 rings (SSSR count). The lowest BCUT2D eigenvalue weighted by Crippen LogP contribution is -2.10. The molecule has 1 heterocycles. The normalized spacial score (nSPS) is 15.3. The van der Waals surface area contributed by atoms with Crippen LogP contribution in [0.25, 0.3) is 10.8 Å². The molecule has 0 aromatic heterocycles. The minimum Gasteiger partial charge on any atom is -0.497 e. The van der Waals surface area contributed by atoms with Crippen molar-refractivity contribution in [1.82, 2.24) is 0 Å². The molecule has 0 N–H and O–H groups in total. The number of benzene rings is 4. The summed E-state index contributed by atoms with van der Waals surface area (Å²) in [6.07, 6.45) is 0. The van der Waals surface area contributed by atoms with E-state index >= 15 is 0 Å². The van der Waals surface area contributed by atoms with E-state index in [2.05, 4.69) is 78.9 Å². The van der Waals surface area contributed by atoms with Gasteiger partial charge in [0, 0.05) is 15.7 Å². The molecule has 126 valence electrons. The summed E-state index contributed by atoms with van der Waals surface area (Å²) in [7, 11) is 1.73. The Bertz CT molecular complexity index is 1120. The molecule has 1 unspecified atom stereocenters. The van der Waals surface area contributed by atoms with Gasteiger partial charge < -0.3 is 4.74 Å². The standard InChI is InChI=1S/C24H18OS/c1-25-18-9-6-8-17(15-18)23-20-11-4-5-12-21(20)26-22-14-13-16-7-2-3-10-19(16)24(22)23/h2-15,23H,1H3. The minimum absolute atomic E-state index is 0.212. The highest BCUT2D eigenvalue weighted by Crippen LogP contribution is 2.50. The van der Waals surface area contributed by atoms with Gasteiger partial charge in [-0.2, -0.15) is 0 Å². The molecule has 1 aliphatic heterocycles. The molecule has 0 aliphatic carbocycles. The molecule has 26 heavy (non-hydrogen) atoms. The minimum atomic E-state index is 0.212. The lowest BCUT2D eigenvalue weighted by atomic mass is 9.82. The number of ether oxygens (including phenoxy) is 1. The van der Waals surface area contributed by atoms with E-state index in [0.29, 0.717) is 0 Å². The first-order valence-corrected chi connectivity index (χ1v) is 9.59. The summed E-state index contributed by atoms with van der Waals surface area (Å²) >= 11 is 1.87. The Morgan fingerprint density at radius 3 is 2.54 bits per heavy atom. The van der Waals surface area contributed by atoms with Gasteiger partial charge in [-0.1, -0.05) is 72.4 Å². The summed E-state index contributed by atoms with van der Waals surface area (Å²) in [5.41, 5.74) is 4.05. The van der Waals surface area contributed by atoms with Crippen molar-refractivity contribution in [2.75, 3.05) is 7.11 Å². The fourth-order valence-electron chi connectivity index (χ4n) is 3.92. The van der Waals surface area contributed by atoms with E-state index in [1.807, 2.05) is 17.8 Å². The van der Waals surface area contributed by atoms with Gasteiger partial charge >= 0.3 is 0 Å². The topological polar surface area (TPSA) is 9.23 Å². The Kier molecular flexibility index (Phi) is 3.72. The summed E-state index contributed by atoms with van der Waals surface area (Å²) in [5.74, 6) is 1.11. The molecule has 4 aromatic carbocycles. The van der Waals surface area contributed by atoms with Gasteiger partial charge in [-0.15, -0.1) is 0 Å². The first-order valence-electron chi connectivity index (χ1n) is 8.77. The van der Waals surface area contributed by atoms with E-state index in [9.17, 15) is 0 Å². The Labute approximate surface area is 157 Å². The van der Waals surface area contributed by atoms with Crippen LogP contribution in [0.15, 0.2) is 94.7 Å². The van der Waals surface area contributed by atoms with E-state index in [1.54, 1.807) is 7.11 Å². The van der Waals surface area contributed by atoms with Crippen LogP contribution in [-0.4, -0.2) is 7.11 Å². The van der Waals surface area contributed by atoms with Crippen molar-refractivity contribution in [3.63, 3.8) is 0 Å². The van der Waals surface area contributed by atoms with Gasteiger partial charge in [0.1, 0.15) is 5.75 Å². The molecule has 0 saturated heterocycles. The highest BCUT2D eigenvalue weighted by atomic mass is 32.2. The smallest absolute Gasteiger partial charge is 0.119 e. The summed E-state index contributed by atoms with van der Waals surface area (Å²) in [5, 5.41) is 2.62. The van der Waals surface area contributed by atoms with Crippen molar-refractivity contribution in [2.24, 2.45) is 0 Å². The van der Waals surface area contributed by atoms with Crippen LogP contribution in [0.1, 0.15) is 22.6 Å². The van der Waals surface area contributed by atoms with Crippen LogP contribution in [0.4, 0.5) is 0 Å².